The van der Waals surface area contributed by atoms with Crippen molar-refractivity contribution in [3.05, 3.63) is 28.0 Å². The van der Waals surface area contributed by atoms with Crippen LogP contribution in [0.1, 0.15) is 12.0 Å². The van der Waals surface area contributed by atoms with Gasteiger partial charge < -0.3 is 9.47 Å². The Morgan fingerprint density at radius 2 is 2.41 bits per heavy atom. The van der Waals surface area contributed by atoms with Gasteiger partial charge in [-0.05, 0) is 34.5 Å². The summed E-state index contributed by atoms with van der Waals surface area (Å²) < 4.78 is 24.5. The molecular weight excluding hydrogens is 289 g/mol. The van der Waals surface area contributed by atoms with E-state index in [1.807, 2.05) is 6.07 Å². The summed E-state index contributed by atoms with van der Waals surface area (Å²) in [5, 5.41) is 8.73. The van der Waals surface area contributed by atoms with Gasteiger partial charge in [-0.15, -0.1) is 0 Å². The highest BCUT2D eigenvalue weighted by Gasteiger charge is 2.18. The summed E-state index contributed by atoms with van der Waals surface area (Å²) in [6.07, 6.45) is 0.944. The molecule has 0 spiro atoms. The molecule has 0 aromatic heterocycles. The third-order valence-corrected chi connectivity index (χ3v) is 3.44. The van der Waals surface area contributed by atoms with Crippen LogP contribution in [0.3, 0.4) is 0 Å². The fraction of sp³-hybridized carbons (Fsp3) is 0.417. The second-order valence-corrected chi connectivity index (χ2v) is 4.68. The third-order valence-electron chi connectivity index (χ3n) is 2.67. The van der Waals surface area contributed by atoms with Crippen molar-refractivity contribution < 1.29 is 13.9 Å². The molecule has 1 aliphatic rings. The van der Waals surface area contributed by atoms with Crippen LogP contribution < -0.4 is 4.74 Å². The normalized spacial score (nSPS) is 19.0. The molecule has 1 unspecified atom stereocenters. The van der Waals surface area contributed by atoms with E-state index in [0.717, 1.165) is 13.0 Å². The van der Waals surface area contributed by atoms with Crippen LogP contribution in [-0.4, -0.2) is 19.8 Å². The first-order valence-corrected chi connectivity index (χ1v) is 6.10. The van der Waals surface area contributed by atoms with Crippen molar-refractivity contribution in [2.75, 3.05) is 19.8 Å². The van der Waals surface area contributed by atoms with E-state index in [1.54, 1.807) is 0 Å². The number of nitriles is 1. The van der Waals surface area contributed by atoms with E-state index in [-0.39, 0.29) is 15.8 Å². The molecule has 1 heterocycles. The maximum absolute atomic E-state index is 13.8. The SMILES string of the molecule is N#Cc1ccc(OCC2CCOC2)c(F)c1Br. The van der Waals surface area contributed by atoms with E-state index in [0.29, 0.717) is 19.1 Å². The second kappa shape index (κ2) is 5.48. The highest BCUT2D eigenvalue weighted by atomic mass is 79.9. The monoisotopic (exact) mass is 299 g/mol. The molecule has 0 saturated carbocycles. The number of nitrogens with zero attached hydrogens (tertiary/aromatic N) is 1. The zero-order chi connectivity index (χ0) is 12.3. The van der Waals surface area contributed by atoms with Crippen LogP contribution in [0.5, 0.6) is 5.75 Å². The molecule has 17 heavy (non-hydrogen) atoms. The van der Waals surface area contributed by atoms with Crippen molar-refractivity contribution >= 4 is 15.9 Å². The molecule has 0 aliphatic carbocycles. The molecule has 1 aromatic rings. The number of rotatable bonds is 3. The molecule has 1 fully saturated rings. The average Bonchev–Trinajstić information content (AvgIpc) is 2.84. The fourth-order valence-electron chi connectivity index (χ4n) is 1.65. The molecule has 2 rings (SSSR count). The Kier molecular flexibility index (Phi) is 3.97. The molecule has 0 radical (unpaired) electrons. The van der Waals surface area contributed by atoms with Gasteiger partial charge in [0.15, 0.2) is 11.6 Å². The minimum absolute atomic E-state index is 0.153. The quantitative estimate of drug-likeness (QED) is 0.862. The number of hydrogen-bond donors (Lipinski definition) is 0. The number of halogens is 2. The minimum Gasteiger partial charge on any atom is -0.490 e. The topological polar surface area (TPSA) is 42.2 Å². The molecule has 0 N–H and O–H groups in total. The van der Waals surface area contributed by atoms with Gasteiger partial charge in [-0.3, -0.25) is 0 Å². The Labute approximate surface area is 107 Å². The highest BCUT2D eigenvalue weighted by Crippen LogP contribution is 2.28. The maximum atomic E-state index is 13.8. The number of hydrogen-bond acceptors (Lipinski definition) is 3. The number of benzene rings is 1. The minimum atomic E-state index is -0.525. The molecule has 1 aliphatic heterocycles. The van der Waals surface area contributed by atoms with E-state index in [1.165, 1.54) is 12.1 Å². The van der Waals surface area contributed by atoms with Crippen LogP contribution in [0.2, 0.25) is 0 Å². The van der Waals surface area contributed by atoms with Crippen LogP contribution in [0.25, 0.3) is 0 Å². The van der Waals surface area contributed by atoms with Crippen molar-refractivity contribution in [3.63, 3.8) is 0 Å². The van der Waals surface area contributed by atoms with Gasteiger partial charge in [0.25, 0.3) is 0 Å². The Morgan fingerprint density at radius 3 is 3.06 bits per heavy atom. The summed E-state index contributed by atoms with van der Waals surface area (Å²) in [4.78, 5) is 0. The van der Waals surface area contributed by atoms with Crippen LogP contribution in [0.4, 0.5) is 4.39 Å². The standard InChI is InChI=1S/C12H11BrFNO2/c13-11-9(5-15)1-2-10(12(11)14)17-7-8-3-4-16-6-8/h1-2,8H,3-4,6-7H2. The zero-order valence-electron chi connectivity index (χ0n) is 9.08. The molecular formula is C12H11BrFNO2. The molecule has 1 atom stereocenters. The largest absolute Gasteiger partial charge is 0.490 e. The van der Waals surface area contributed by atoms with Crippen LogP contribution in [-0.2, 0) is 4.74 Å². The molecule has 90 valence electrons. The summed E-state index contributed by atoms with van der Waals surface area (Å²) in [5.41, 5.74) is 0.263. The van der Waals surface area contributed by atoms with E-state index in [4.69, 9.17) is 14.7 Å². The lowest BCUT2D eigenvalue weighted by Crippen LogP contribution is -2.12. The predicted molar refractivity (Wildman–Crippen MR) is 63.2 cm³/mol. The lowest BCUT2D eigenvalue weighted by atomic mass is 10.1. The number of ether oxygens (including phenoxy) is 2. The molecule has 0 amide bonds. The molecule has 1 saturated heterocycles. The van der Waals surface area contributed by atoms with Gasteiger partial charge in [0, 0.05) is 12.5 Å². The Morgan fingerprint density at radius 1 is 1.59 bits per heavy atom. The lowest BCUT2D eigenvalue weighted by Gasteiger charge is -2.11. The van der Waals surface area contributed by atoms with Gasteiger partial charge in [-0.2, -0.15) is 5.26 Å². The summed E-state index contributed by atoms with van der Waals surface area (Å²) in [6, 6.07) is 4.91. The maximum Gasteiger partial charge on any atom is 0.180 e. The van der Waals surface area contributed by atoms with Gasteiger partial charge in [0.2, 0.25) is 0 Å². The summed E-state index contributed by atoms with van der Waals surface area (Å²) in [7, 11) is 0. The first kappa shape index (κ1) is 12.3. The average molecular weight is 300 g/mol. The lowest BCUT2D eigenvalue weighted by molar-refractivity contribution is 0.165. The van der Waals surface area contributed by atoms with Crippen molar-refractivity contribution in [2.24, 2.45) is 5.92 Å². The van der Waals surface area contributed by atoms with E-state index < -0.39 is 5.82 Å². The van der Waals surface area contributed by atoms with Crippen molar-refractivity contribution in [1.82, 2.24) is 0 Å². The first-order valence-electron chi connectivity index (χ1n) is 5.31. The summed E-state index contributed by atoms with van der Waals surface area (Å²) in [5.74, 6) is -0.0328. The van der Waals surface area contributed by atoms with Gasteiger partial charge in [0.1, 0.15) is 6.07 Å². The van der Waals surface area contributed by atoms with E-state index in [2.05, 4.69) is 15.9 Å². The fourth-order valence-corrected chi connectivity index (χ4v) is 2.07. The Hall–Kier alpha value is -1.12. The van der Waals surface area contributed by atoms with Crippen molar-refractivity contribution in [1.29, 1.82) is 5.26 Å². The molecule has 1 aromatic carbocycles. The van der Waals surface area contributed by atoms with Crippen LogP contribution in [0, 0.1) is 23.1 Å². The van der Waals surface area contributed by atoms with Gasteiger partial charge in [-0.1, -0.05) is 0 Å². The van der Waals surface area contributed by atoms with Gasteiger partial charge in [0.05, 0.1) is 23.2 Å². The second-order valence-electron chi connectivity index (χ2n) is 3.89. The van der Waals surface area contributed by atoms with E-state index >= 15 is 0 Å². The summed E-state index contributed by atoms with van der Waals surface area (Å²) in [6.45, 7) is 1.85. The van der Waals surface area contributed by atoms with Crippen LogP contribution in [0.15, 0.2) is 16.6 Å². The summed E-state index contributed by atoms with van der Waals surface area (Å²) >= 11 is 3.04. The molecule has 5 heteroatoms. The Bertz CT molecular complexity index is 453. The molecule has 0 bridgehead atoms. The molecule has 3 nitrogen and oxygen atoms in total. The van der Waals surface area contributed by atoms with Crippen LogP contribution >= 0.6 is 15.9 Å². The first-order chi connectivity index (χ1) is 8.22. The van der Waals surface area contributed by atoms with E-state index in [9.17, 15) is 4.39 Å². The van der Waals surface area contributed by atoms with Crippen molar-refractivity contribution in [3.8, 4) is 11.8 Å². The van der Waals surface area contributed by atoms with Gasteiger partial charge in [-0.25, -0.2) is 4.39 Å². The van der Waals surface area contributed by atoms with Gasteiger partial charge >= 0.3 is 0 Å². The predicted octanol–water partition coefficient (Wildman–Crippen LogP) is 2.88. The van der Waals surface area contributed by atoms with Crippen molar-refractivity contribution in [2.45, 2.75) is 6.42 Å². The highest BCUT2D eigenvalue weighted by molar-refractivity contribution is 9.10. The third kappa shape index (κ3) is 2.76. The zero-order valence-corrected chi connectivity index (χ0v) is 10.7. The Balaban J connectivity index is 2.06. The smallest absolute Gasteiger partial charge is 0.180 e.